The first-order chi connectivity index (χ1) is 13.3. The molecule has 0 spiro atoms. The number of aromatic nitrogens is 2. The Morgan fingerprint density at radius 3 is 2.59 bits per heavy atom. The van der Waals surface area contributed by atoms with Gasteiger partial charge in [-0.1, -0.05) is 0 Å². The fraction of sp³-hybridized carbons (Fsp3) is 0.647. The predicted molar refractivity (Wildman–Crippen MR) is 115 cm³/mol. The van der Waals surface area contributed by atoms with Gasteiger partial charge in [-0.2, -0.15) is 13.2 Å². The average molecular weight is 529 g/mol. The summed E-state index contributed by atoms with van der Waals surface area (Å²) in [5, 5.41) is 8.60. The van der Waals surface area contributed by atoms with E-state index in [1.54, 1.807) is 14.1 Å². The van der Waals surface area contributed by atoms with Gasteiger partial charge in [0.2, 0.25) is 11.9 Å². The number of hydrogen-bond acceptors (Lipinski definition) is 5. The van der Waals surface area contributed by atoms with Crippen molar-refractivity contribution in [2.24, 2.45) is 10.9 Å². The summed E-state index contributed by atoms with van der Waals surface area (Å²) in [6.45, 7) is 2.38. The smallest absolute Gasteiger partial charge is 0.359 e. The molecule has 1 saturated heterocycles. The van der Waals surface area contributed by atoms with Gasteiger partial charge in [-0.3, -0.25) is 9.79 Å². The lowest BCUT2D eigenvalue weighted by Gasteiger charge is -2.34. The molecular weight excluding hydrogens is 502 g/mol. The molecule has 1 amide bonds. The van der Waals surface area contributed by atoms with Crippen LogP contribution < -0.4 is 16.0 Å². The summed E-state index contributed by atoms with van der Waals surface area (Å²) < 4.78 is 38.0. The van der Waals surface area contributed by atoms with Crippen molar-refractivity contribution in [3.63, 3.8) is 0 Å². The quantitative estimate of drug-likeness (QED) is 0.226. The van der Waals surface area contributed by atoms with E-state index in [-0.39, 0.29) is 35.8 Å². The Morgan fingerprint density at radius 1 is 1.31 bits per heavy atom. The maximum absolute atomic E-state index is 12.7. The molecule has 1 aromatic rings. The maximum atomic E-state index is 12.7. The summed E-state index contributed by atoms with van der Waals surface area (Å²) in [7, 11) is 3.32. The Balaban J connectivity index is 0.00000420. The van der Waals surface area contributed by atoms with Crippen molar-refractivity contribution in [2.75, 3.05) is 45.6 Å². The molecule has 2 rings (SSSR count). The third-order valence-corrected chi connectivity index (χ3v) is 4.52. The van der Waals surface area contributed by atoms with Gasteiger partial charge in [-0.25, -0.2) is 9.97 Å². The van der Waals surface area contributed by atoms with Crippen LogP contribution in [-0.4, -0.2) is 67.0 Å². The monoisotopic (exact) mass is 529 g/mol. The number of hydrogen-bond donors (Lipinski definition) is 3. The van der Waals surface area contributed by atoms with E-state index in [1.165, 1.54) is 0 Å². The van der Waals surface area contributed by atoms with Crippen molar-refractivity contribution in [3.8, 4) is 0 Å². The molecule has 0 aromatic carbocycles. The third-order valence-electron chi connectivity index (χ3n) is 4.52. The third kappa shape index (κ3) is 8.19. The Morgan fingerprint density at radius 2 is 2.00 bits per heavy atom. The number of guanidine groups is 1. The number of likely N-dealkylation sites (tertiary alicyclic amines) is 1. The lowest BCUT2D eigenvalue weighted by atomic mass is 9.93. The zero-order valence-electron chi connectivity index (χ0n) is 16.4. The van der Waals surface area contributed by atoms with Crippen molar-refractivity contribution in [1.29, 1.82) is 0 Å². The van der Waals surface area contributed by atoms with E-state index in [1.807, 2.05) is 0 Å². The minimum atomic E-state index is -4.50. The second kappa shape index (κ2) is 12.0. The van der Waals surface area contributed by atoms with Crippen LogP contribution in [0.1, 0.15) is 25.0 Å². The van der Waals surface area contributed by atoms with E-state index in [9.17, 15) is 18.0 Å². The van der Waals surface area contributed by atoms with E-state index >= 15 is 0 Å². The van der Waals surface area contributed by atoms with Gasteiger partial charge in [0.15, 0.2) is 5.96 Å². The highest BCUT2D eigenvalue weighted by Gasteiger charge is 2.32. The molecule has 0 radical (unpaired) electrons. The van der Waals surface area contributed by atoms with Gasteiger partial charge in [-0.05, 0) is 24.8 Å². The molecule has 0 atom stereocenters. The molecule has 1 fully saturated rings. The van der Waals surface area contributed by atoms with Crippen LogP contribution in [0.2, 0.25) is 0 Å². The van der Waals surface area contributed by atoms with Gasteiger partial charge in [0.25, 0.3) is 0 Å². The average Bonchev–Trinajstić information content (AvgIpc) is 2.68. The second-order valence-corrected chi connectivity index (χ2v) is 6.47. The Bertz CT molecular complexity index is 679. The number of anilines is 1. The number of nitrogens with one attached hydrogen (secondary N) is 3. The first-order valence-corrected chi connectivity index (χ1v) is 9.13. The topological polar surface area (TPSA) is 94.5 Å². The summed E-state index contributed by atoms with van der Waals surface area (Å²) in [6, 6.07) is 0.832. The van der Waals surface area contributed by atoms with E-state index < -0.39 is 11.9 Å². The molecule has 1 aliphatic rings. The van der Waals surface area contributed by atoms with Gasteiger partial charge in [0.05, 0.1) is 0 Å². The zero-order valence-corrected chi connectivity index (χ0v) is 18.8. The zero-order chi connectivity index (χ0) is 20.6. The number of halogens is 4. The fourth-order valence-electron chi connectivity index (χ4n) is 3.00. The first kappa shape index (κ1) is 25.2. The number of piperidine rings is 1. The van der Waals surface area contributed by atoms with Gasteiger partial charge >= 0.3 is 6.18 Å². The van der Waals surface area contributed by atoms with Gasteiger partial charge in [-0.15, -0.1) is 24.0 Å². The van der Waals surface area contributed by atoms with Crippen molar-refractivity contribution in [2.45, 2.75) is 25.4 Å². The van der Waals surface area contributed by atoms with Crippen molar-refractivity contribution < 1.29 is 18.0 Å². The number of rotatable bonds is 6. The number of amides is 1. The molecule has 29 heavy (non-hydrogen) atoms. The Kier molecular flexibility index (Phi) is 10.4. The van der Waals surface area contributed by atoms with Crippen LogP contribution in [-0.2, 0) is 11.0 Å². The SMILES string of the molecule is CN=C(NCCNc1nccc(C(F)(F)F)n1)N1CCC(CC(=O)NC)CC1.I. The molecule has 12 heteroatoms. The maximum Gasteiger partial charge on any atom is 0.433 e. The van der Waals surface area contributed by atoms with Crippen molar-refractivity contribution in [3.05, 3.63) is 18.0 Å². The molecule has 1 aliphatic heterocycles. The van der Waals surface area contributed by atoms with Gasteiger partial charge in [0, 0.05) is 52.9 Å². The van der Waals surface area contributed by atoms with Crippen LogP contribution in [0.4, 0.5) is 19.1 Å². The number of alkyl halides is 3. The summed E-state index contributed by atoms with van der Waals surface area (Å²) >= 11 is 0. The Hall–Kier alpha value is -1.86. The molecule has 3 N–H and O–H groups in total. The lowest BCUT2D eigenvalue weighted by molar-refractivity contribution is -0.141. The van der Waals surface area contributed by atoms with Gasteiger partial charge in [0.1, 0.15) is 5.69 Å². The molecule has 8 nitrogen and oxygen atoms in total. The lowest BCUT2D eigenvalue weighted by Crippen LogP contribution is -2.47. The van der Waals surface area contributed by atoms with Crippen molar-refractivity contribution >= 4 is 41.8 Å². The number of carbonyl (C=O) groups excluding carboxylic acids is 1. The highest BCUT2D eigenvalue weighted by atomic mass is 127. The van der Waals surface area contributed by atoms with E-state index in [4.69, 9.17) is 0 Å². The number of aliphatic imine (C=N–C) groups is 1. The summed E-state index contributed by atoms with van der Waals surface area (Å²) in [6.07, 6.45) is -1.07. The van der Waals surface area contributed by atoms with Crippen LogP contribution in [0, 0.1) is 5.92 Å². The van der Waals surface area contributed by atoms with Crippen molar-refractivity contribution in [1.82, 2.24) is 25.5 Å². The van der Waals surface area contributed by atoms with E-state index in [2.05, 4.69) is 35.8 Å². The normalized spacial score (nSPS) is 15.5. The van der Waals surface area contributed by atoms with E-state index in [0.717, 1.165) is 44.2 Å². The molecule has 2 heterocycles. The predicted octanol–water partition coefficient (Wildman–Crippen LogP) is 1.95. The first-order valence-electron chi connectivity index (χ1n) is 9.13. The van der Waals surface area contributed by atoms with Crippen LogP contribution >= 0.6 is 24.0 Å². The van der Waals surface area contributed by atoms with Crippen LogP contribution in [0.5, 0.6) is 0 Å². The highest BCUT2D eigenvalue weighted by Crippen LogP contribution is 2.27. The molecule has 164 valence electrons. The molecule has 1 aromatic heterocycles. The van der Waals surface area contributed by atoms with Crippen LogP contribution in [0.15, 0.2) is 17.3 Å². The van der Waals surface area contributed by atoms with Gasteiger partial charge < -0.3 is 20.9 Å². The molecule has 0 saturated carbocycles. The molecule has 0 bridgehead atoms. The molecule has 0 aliphatic carbocycles. The summed E-state index contributed by atoms with van der Waals surface area (Å²) in [4.78, 5) is 25.1. The highest BCUT2D eigenvalue weighted by molar-refractivity contribution is 14.0. The van der Waals surface area contributed by atoms with E-state index in [0.29, 0.717) is 25.4 Å². The number of carbonyl (C=O) groups is 1. The second-order valence-electron chi connectivity index (χ2n) is 6.47. The summed E-state index contributed by atoms with van der Waals surface area (Å²) in [5.41, 5.74) is -0.978. The largest absolute Gasteiger partial charge is 0.433 e. The summed E-state index contributed by atoms with van der Waals surface area (Å²) in [5.74, 6) is 1.09. The minimum Gasteiger partial charge on any atom is -0.359 e. The van der Waals surface area contributed by atoms with Crippen LogP contribution in [0.3, 0.4) is 0 Å². The minimum absolute atomic E-state index is 0. The fourth-order valence-corrected chi connectivity index (χ4v) is 3.00. The molecular formula is C17H27F3IN7O. The number of nitrogens with zero attached hydrogens (tertiary/aromatic N) is 4. The Labute approximate surface area is 185 Å². The van der Waals surface area contributed by atoms with Crippen LogP contribution in [0.25, 0.3) is 0 Å². The standard InChI is InChI=1S/C17H26F3N7O.HI/c1-21-14(28)11-12-4-9-27(10-5-12)16(22-2)25-8-7-24-15-23-6-3-13(26-15)17(18,19)20;/h3,6,12H,4-5,7-11H2,1-2H3,(H,21,28)(H,22,25)(H,23,24,26);1H. The molecule has 0 unspecified atom stereocenters.